The van der Waals surface area contributed by atoms with Crippen molar-refractivity contribution in [3.8, 4) is 11.4 Å². The van der Waals surface area contributed by atoms with Crippen molar-refractivity contribution in [1.82, 2.24) is 20.2 Å². The molecule has 1 aromatic heterocycles. The Labute approximate surface area is 147 Å². The molecule has 0 aliphatic carbocycles. The van der Waals surface area contributed by atoms with Gasteiger partial charge in [-0.05, 0) is 54.1 Å². The number of carbonyl (C=O) groups excluding carboxylic acids is 1. The van der Waals surface area contributed by atoms with Gasteiger partial charge in [0.1, 0.15) is 12.4 Å². The molecule has 0 spiro atoms. The molecule has 122 valence electrons. The maximum atomic E-state index is 13.3. The monoisotopic (exact) mass is 364 g/mol. The quantitative estimate of drug-likeness (QED) is 0.657. The van der Waals surface area contributed by atoms with Crippen LogP contribution in [0, 0.1) is 12.7 Å². The molecule has 0 fully saturated rings. The summed E-state index contributed by atoms with van der Waals surface area (Å²) in [5, 5.41) is 12.6. The molecule has 0 bridgehead atoms. The third kappa shape index (κ3) is 3.44. The Morgan fingerprint density at radius 1 is 1.17 bits per heavy atom. The van der Waals surface area contributed by atoms with Crippen LogP contribution in [0.25, 0.3) is 11.4 Å². The Balaban J connectivity index is 1.79. The summed E-state index contributed by atoms with van der Waals surface area (Å²) in [7, 11) is 0. The molecule has 8 heteroatoms. The van der Waals surface area contributed by atoms with Crippen LogP contribution in [0.1, 0.15) is 15.9 Å². The number of aromatic nitrogens is 4. The van der Waals surface area contributed by atoms with Crippen LogP contribution in [0.15, 0.2) is 36.4 Å². The third-order valence-corrected chi connectivity index (χ3v) is 4.13. The van der Waals surface area contributed by atoms with Crippen molar-refractivity contribution in [2.24, 2.45) is 0 Å². The minimum atomic E-state index is -0.305. The topological polar surface area (TPSA) is 60.7 Å². The average molecular weight is 365 g/mol. The van der Waals surface area contributed by atoms with Crippen LogP contribution in [-0.4, -0.2) is 26.0 Å². The Bertz CT molecular complexity index is 926. The first kappa shape index (κ1) is 16.5. The zero-order valence-corrected chi connectivity index (χ0v) is 14.0. The minimum absolute atomic E-state index is 0.0921. The SMILES string of the molecule is Cc1cc(-c2nnn(CC(=O)c3ccc(Cl)c(Cl)c3)n2)ccc1F. The lowest BCUT2D eigenvalue weighted by molar-refractivity contribution is 0.0961. The number of ketones is 1. The van der Waals surface area contributed by atoms with Crippen molar-refractivity contribution in [3.05, 3.63) is 63.4 Å². The van der Waals surface area contributed by atoms with Gasteiger partial charge in [-0.2, -0.15) is 4.80 Å². The molecule has 3 rings (SSSR count). The van der Waals surface area contributed by atoms with Gasteiger partial charge in [0.2, 0.25) is 5.82 Å². The first-order valence-electron chi connectivity index (χ1n) is 6.96. The second-order valence-electron chi connectivity index (χ2n) is 5.16. The van der Waals surface area contributed by atoms with Gasteiger partial charge in [-0.25, -0.2) is 4.39 Å². The molecule has 5 nitrogen and oxygen atoms in total. The maximum Gasteiger partial charge on any atom is 0.204 e. The van der Waals surface area contributed by atoms with Gasteiger partial charge in [0.05, 0.1) is 10.0 Å². The van der Waals surface area contributed by atoms with E-state index in [0.29, 0.717) is 32.6 Å². The predicted octanol–water partition coefficient (Wildman–Crippen LogP) is 3.98. The molecule has 0 N–H and O–H groups in total. The van der Waals surface area contributed by atoms with Crippen molar-refractivity contribution < 1.29 is 9.18 Å². The summed E-state index contributed by atoms with van der Waals surface area (Å²) in [4.78, 5) is 13.4. The number of aryl methyl sites for hydroxylation is 1. The fourth-order valence-corrected chi connectivity index (χ4v) is 2.40. The zero-order valence-electron chi connectivity index (χ0n) is 12.5. The number of nitrogens with zero attached hydrogens (tertiary/aromatic N) is 4. The molecule has 0 unspecified atom stereocenters. The van der Waals surface area contributed by atoms with Gasteiger partial charge < -0.3 is 0 Å². The number of benzene rings is 2. The summed E-state index contributed by atoms with van der Waals surface area (Å²) in [6, 6.07) is 9.15. The molecule has 0 atom stereocenters. The highest BCUT2D eigenvalue weighted by Gasteiger charge is 2.13. The minimum Gasteiger partial charge on any atom is -0.292 e. The molecule has 24 heavy (non-hydrogen) atoms. The number of rotatable bonds is 4. The molecular weight excluding hydrogens is 354 g/mol. The van der Waals surface area contributed by atoms with Gasteiger partial charge >= 0.3 is 0 Å². The molecule has 2 aromatic carbocycles. The molecular formula is C16H11Cl2FN4O. The maximum absolute atomic E-state index is 13.3. The summed E-state index contributed by atoms with van der Waals surface area (Å²) in [5.74, 6) is -0.214. The lowest BCUT2D eigenvalue weighted by Gasteiger charge is -2.02. The van der Waals surface area contributed by atoms with Gasteiger partial charge in [0.25, 0.3) is 0 Å². The van der Waals surface area contributed by atoms with Gasteiger partial charge in [0.15, 0.2) is 5.78 Å². The predicted molar refractivity (Wildman–Crippen MR) is 88.7 cm³/mol. The fraction of sp³-hybridized carbons (Fsp3) is 0.125. The number of hydrogen-bond acceptors (Lipinski definition) is 4. The number of hydrogen-bond donors (Lipinski definition) is 0. The standard InChI is InChI=1S/C16H11Cl2FN4O/c1-9-6-11(3-5-14(9)19)16-20-22-23(21-16)8-15(24)10-2-4-12(17)13(18)7-10/h2-7H,8H2,1H3. The highest BCUT2D eigenvalue weighted by atomic mass is 35.5. The first-order chi connectivity index (χ1) is 11.4. The van der Waals surface area contributed by atoms with E-state index in [2.05, 4.69) is 15.4 Å². The van der Waals surface area contributed by atoms with Gasteiger partial charge in [-0.3, -0.25) is 4.79 Å². The van der Waals surface area contributed by atoms with Crippen LogP contribution in [0.4, 0.5) is 4.39 Å². The summed E-state index contributed by atoms with van der Waals surface area (Å²) in [6.07, 6.45) is 0. The van der Waals surface area contributed by atoms with Crippen molar-refractivity contribution in [1.29, 1.82) is 0 Å². The Kier molecular flexibility index (Phi) is 4.59. The molecule has 0 amide bonds. The van der Waals surface area contributed by atoms with Crippen molar-refractivity contribution in [3.63, 3.8) is 0 Å². The summed E-state index contributed by atoms with van der Waals surface area (Å²) in [6.45, 7) is 1.56. The number of Topliss-reactive ketones (excluding diaryl/α,β-unsaturated/α-hetero) is 1. The van der Waals surface area contributed by atoms with Crippen LogP contribution in [0.3, 0.4) is 0 Å². The Morgan fingerprint density at radius 3 is 2.67 bits per heavy atom. The molecule has 0 radical (unpaired) electrons. The van der Waals surface area contributed by atoms with Gasteiger partial charge in [-0.1, -0.05) is 23.2 Å². The van der Waals surface area contributed by atoms with Crippen LogP contribution >= 0.6 is 23.2 Å². The fourth-order valence-electron chi connectivity index (χ4n) is 2.10. The highest BCUT2D eigenvalue weighted by molar-refractivity contribution is 6.42. The van der Waals surface area contributed by atoms with Crippen LogP contribution < -0.4 is 0 Å². The van der Waals surface area contributed by atoms with E-state index < -0.39 is 0 Å². The average Bonchev–Trinajstić information content (AvgIpc) is 3.01. The molecule has 0 saturated heterocycles. The van der Waals surface area contributed by atoms with Gasteiger partial charge in [0, 0.05) is 11.1 Å². The molecule has 1 heterocycles. The largest absolute Gasteiger partial charge is 0.292 e. The lowest BCUT2D eigenvalue weighted by atomic mass is 10.1. The summed E-state index contributed by atoms with van der Waals surface area (Å²) in [5.41, 5.74) is 1.51. The lowest BCUT2D eigenvalue weighted by Crippen LogP contribution is -2.13. The van der Waals surface area contributed by atoms with Crippen molar-refractivity contribution >= 4 is 29.0 Å². The second kappa shape index (κ2) is 6.67. The van der Waals surface area contributed by atoms with Crippen molar-refractivity contribution in [2.45, 2.75) is 13.5 Å². The van der Waals surface area contributed by atoms with E-state index in [1.165, 1.54) is 16.9 Å². The van der Waals surface area contributed by atoms with Crippen LogP contribution in [-0.2, 0) is 6.54 Å². The van der Waals surface area contributed by atoms with E-state index in [0.717, 1.165) is 0 Å². The van der Waals surface area contributed by atoms with E-state index in [1.54, 1.807) is 31.2 Å². The van der Waals surface area contributed by atoms with Crippen LogP contribution in [0.2, 0.25) is 10.0 Å². The number of carbonyl (C=O) groups is 1. The molecule has 0 aliphatic rings. The highest BCUT2D eigenvalue weighted by Crippen LogP contribution is 2.23. The van der Waals surface area contributed by atoms with E-state index in [1.807, 2.05) is 0 Å². The number of tetrazole rings is 1. The van der Waals surface area contributed by atoms with E-state index in [-0.39, 0.29) is 18.1 Å². The Morgan fingerprint density at radius 2 is 1.96 bits per heavy atom. The van der Waals surface area contributed by atoms with Gasteiger partial charge in [-0.15, -0.1) is 10.2 Å². The normalized spacial score (nSPS) is 10.8. The second-order valence-corrected chi connectivity index (χ2v) is 5.97. The Hall–Kier alpha value is -2.31. The summed E-state index contributed by atoms with van der Waals surface area (Å²) >= 11 is 11.7. The van der Waals surface area contributed by atoms with E-state index >= 15 is 0 Å². The summed E-state index contributed by atoms with van der Waals surface area (Å²) < 4.78 is 13.3. The first-order valence-corrected chi connectivity index (χ1v) is 7.72. The number of halogens is 3. The van der Waals surface area contributed by atoms with E-state index in [9.17, 15) is 9.18 Å². The zero-order chi connectivity index (χ0) is 17.3. The smallest absolute Gasteiger partial charge is 0.204 e. The third-order valence-electron chi connectivity index (χ3n) is 3.40. The molecule has 3 aromatic rings. The van der Waals surface area contributed by atoms with Crippen LogP contribution in [0.5, 0.6) is 0 Å². The van der Waals surface area contributed by atoms with E-state index in [4.69, 9.17) is 23.2 Å². The molecule has 0 aliphatic heterocycles. The molecule has 0 saturated carbocycles. The van der Waals surface area contributed by atoms with Crippen molar-refractivity contribution in [2.75, 3.05) is 0 Å².